The quantitative estimate of drug-likeness (QED) is 0.463. The summed E-state index contributed by atoms with van der Waals surface area (Å²) in [6.07, 6.45) is 3.41. The predicted molar refractivity (Wildman–Crippen MR) is 112 cm³/mol. The Hall–Kier alpha value is -3.97. The lowest BCUT2D eigenvalue weighted by Crippen LogP contribution is -2.29. The van der Waals surface area contributed by atoms with Crippen molar-refractivity contribution in [3.8, 4) is 28.7 Å². The van der Waals surface area contributed by atoms with Crippen LogP contribution in [0.3, 0.4) is 0 Å². The average molecular weight is 422 g/mol. The van der Waals surface area contributed by atoms with Crippen LogP contribution in [0.4, 0.5) is 10.6 Å². The van der Waals surface area contributed by atoms with Gasteiger partial charge in [-0.1, -0.05) is 11.6 Å². The fourth-order valence-electron chi connectivity index (χ4n) is 2.98. The van der Waals surface area contributed by atoms with Crippen LogP contribution in [0.1, 0.15) is 12.6 Å². The number of hydrogen-bond donors (Lipinski definition) is 3. The van der Waals surface area contributed by atoms with Crippen LogP contribution in [0.15, 0.2) is 30.6 Å². The summed E-state index contributed by atoms with van der Waals surface area (Å²) in [5.74, 6) is 0.0448. The Morgan fingerprint density at radius 3 is 2.87 bits per heavy atom. The van der Waals surface area contributed by atoms with E-state index in [1.807, 2.05) is 12.1 Å². The molecule has 0 atom stereocenters. The lowest BCUT2D eigenvalue weighted by molar-refractivity contribution is 0.252. The minimum absolute atomic E-state index is 0.0284. The number of hydrogen-bond acceptors (Lipinski definition) is 6. The Kier molecular flexibility index (Phi) is 5.04. The number of urea groups is 1. The van der Waals surface area contributed by atoms with Crippen LogP contribution in [-0.4, -0.2) is 42.5 Å². The van der Waals surface area contributed by atoms with Gasteiger partial charge in [-0.25, -0.2) is 14.8 Å². The summed E-state index contributed by atoms with van der Waals surface area (Å²) >= 11 is 6.40. The van der Waals surface area contributed by atoms with Crippen LogP contribution in [0, 0.1) is 11.3 Å². The monoisotopic (exact) mass is 421 g/mol. The van der Waals surface area contributed by atoms with Crippen molar-refractivity contribution in [3.63, 3.8) is 0 Å². The van der Waals surface area contributed by atoms with Crippen molar-refractivity contribution in [1.29, 1.82) is 5.26 Å². The van der Waals surface area contributed by atoms with E-state index in [-0.39, 0.29) is 11.5 Å². The third kappa shape index (κ3) is 3.54. The zero-order chi connectivity index (χ0) is 21.3. The molecule has 4 aromatic rings. The number of aryl methyl sites for hydroxylation is 1. The second kappa shape index (κ2) is 7.81. The number of halogens is 1. The Bertz CT molecular complexity index is 1300. The minimum atomic E-state index is -0.481. The van der Waals surface area contributed by atoms with Crippen molar-refractivity contribution in [2.45, 2.75) is 6.92 Å². The molecule has 150 valence electrons. The van der Waals surface area contributed by atoms with Gasteiger partial charge in [-0.2, -0.15) is 15.5 Å². The number of amides is 2. The lowest BCUT2D eigenvalue weighted by atomic mass is 10.1. The molecule has 4 rings (SSSR count). The highest BCUT2D eigenvalue weighted by Gasteiger charge is 2.20. The summed E-state index contributed by atoms with van der Waals surface area (Å²) in [6.45, 7) is 2.21. The first-order chi connectivity index (χ1) is 14.5. The van der Waals surface area contributed by atoms with Gasteiger partial charge in [0.2, 0.25) is 0 Å². The van der Waals surface area contributed by atoms with E-state index < -0.39 is 6.03 Å². The summed E-state index contributed by atoms with van der Waals surface area (Å²) in [4.78, 5) is 21.0. The van der Waals surface area contributed by atoms with E-state index in [2.05, 4.69) is 35.9 Å². The fourth-order valence-corrected chi connectivity index (χ4v) is 3.25. The molecular formula is C19H16ClN9O. The van der Waals surface area contributed by atoms with Gasteiger partial charge in [0, 0.05) is 30.7 Å². The number of aromatic nitrogens is 6. The smallest absolute Gasteiger partial charge is 0.320 e. The van der Waals surface area contributed by atoms with Crippen molar-refractivity contribution in [3.05, 3.63) is 41.3 Å². The van der Waals surface area contributed by atoms with Gasteiger partial charge in [0.05, 0.1) is 16.7 Å². The first-order valence-corrected chi connectivity index (χ1v) is 9.38. The van der Waals surface area contributed by atoms with Gasteiger partial charge in [-0.05, 0) is 25.1 Å². The Balaban J connectivity index is 1.94. The van der Waals surface area contributed by atoms with Crippen LogP contribution in [0.25, 0.3) is 33.5 Å². The highest BCUT2D eigenvalue weighted by atomic mass is 35.5. The average Bonchev–Trinajstić information content (AvgIpc) is 3.37. The Labute approximate surface area is 175 Å². The zero-order valence-corrected chi connectivity index (χ0v) is 16.8. The zero-order valence-electron chi connectivity index (χ0n) is 16.1. The molecule has 3 N–H and O–H groups in total. The number of H-pyrrole nitrogens is 1. The molecule has 0 unspecified atom stereocenters. The maximum absolute atomic E-state index is 12.0. The number of carbonyl (C=O) groups excluding carboxylic acids is 1. The molecule has 0 saturated carbocycles. The van der Waals surface area contributed by atoms with Crippen LogP contribution >= 0.6 is 11.6 Å². The molecule has 0 spiro atoms. The maximum atomic E-state index is 12.0. The summed E-state index contributed by atoms with van der Waals surface area (Å²) in [5, 5.41) is 27.3. The second-order valence-electron chi connectivity index (χ2n) is 6.38. The molecule has 0 fully saturated rings. The van der Waals surface area contributed by atoms with Gasteiger partial charge in [0.25, 0.3) is 0 Å². The third-order valence-corrected chi connectivity index (χ3v) is 4.60. The van der Waals surface area contributed by atoms with Crippen molar-refractivity contribution < 1.29 is 4.79 Å². The molecule has 0 aliphatic carbocycles. The highest BCUT2D eigenvalue weighted by molar-refractivity contribution is 6.35. The van der Waals surface area contributed by atoms with Gasteiger partial charge in [0.15, 0.2) is 11.5 Å². The molecule has 1 aromatic carbocycles. The van der Waals surface area contributed by atoms with E-state index in [0.29, 0.717) is 39.7 Å². The number of aromatic amines is 1. The number of benzene rings is 1. The summed E-state index contributed by atoms with van der Waals surface area (Å²) in [6, 6.07) is 6.85. The van der Waals surface area contributed by atoms with E-state index in [1.54, 1.807) is 43.2 Å². The Morgan fingerprint density at radius 1 is 1.33 bits per heavy atom. The molecule has 0 radical (unpaired) electrons. The van der Waals surface area contributed by atoms with Crippen LogP contribution in [0.2, 0.25) is 5.02 Å². The second-order valence-corrected chi connectivity index (χ2v) is 6.79. The Morgan fingerprint density at radius 2 is 2.17 bits per heavy atom. The van der Waals surface area contributed by atoms with Gasteiger partial charge < -0.3 is 5.32 Å². The van der Waals surface area contributed by atoms with E-state index in [9.17, 15) is 10.1 Å². The number of carbonyl (C=O) groups is 1. The number of rotatable bonds is 4. The van der Waals surface area contributed by atoms with Gasteiger partial charge in [-0.3, -0.25) is 15.1 Å². The largest absolute Gasteiger partial charge is 0.338 e. The maximum Gasteiger partial charge on any atom is 0.320 e. The molecule has 10 nitrogen and oxygen atoms in total. The van der Waals surface area contributed by atoms with E-state index in [4.69, 9.17) is 11.6 Å². The number of fused-ring (bicyclic) bond motifs is 1. The topological polar surface area (TPSA) is 137 Å². The first-order valence-electron chi connectivity index (χ1n) is 9.00. The minimum Gasteiger partial charge on any atom is -0.338 e. The lowest BCUT2D eigenvalue weighted by Gasteiger charge is -2.12. The number of nitriles is 1. The van der Waals surface area contributed by atoms with Crippen LogP contribution in [0.5, 0.6) is 0 Å². The molecular weight excluding hydrogens is 406 g/mol. The molecule has 11 heteroatoms. The highest BCUT2D eigenvalue weighted by Crippen LogP contribution is 2.34. The van der Waals surface area contributed by atoms with Crippen molar-refractivity contribution in [2.24, 2.45) is 7.05 Å². The number of anilines is 1. The van der Waals surface area contributed by atoms with Gasteiger partial charge in [0.1, 0.15) is 23.2 Å². The van der Waals surface area contributed by atoms with Crippen LogP contribution in [-0.2, 0) is 7.05 Å². The molecule has 3 heterocycles. The molecule has 0 saturated heterocycles. The van der Waals surface area contributed by atoms with Crippen molar-refractivity contribution in [2.75, 3.05) is 11.9 Å². The number of nitrogens with zero attached hydrogens (tertiary/aromatic N) is 6. The summed E-state index contributed by atoms with van der Waals surface area (Å²) in [5.41, 5.74) is 2.66. The molecule has 0 aliphatic heterocycles. The predicted octanol–water partition coefficient (Wildman–Crippen LogP) is 3.09. The van der Waals surface area contributed by atoms with Crippen LogP contribution < -0.4 is 10.6 Å². The molecule has 0 bridgehead atoms. The molecule has 30 heavy (non-hydrogen) atoms. The van der Waals surface area contributed by atoms with E-state index in [1.165, 1.54) is 0 Å². The summed E-state index contributed by atoms with van der Waals surface area (Å²) in [7, 11) is 1.78. The standard InChI is InChI=1S/C19H16ClN9O/c1-3-22-19(30)26-18-14(8-21)24-16(17(25-18)13-4-5-29(2)28-13)10-6-11-9-23-27-15(11)12(20)7-10/h4-7,9H,3H2,1-2H3,(H,23,27)(H2,22,25,26,30). The summed E-state index contributed by atoms with van der Waals surface area (Å²) < 4.78 is 1.63. The number of nitrogens with one attached hydrogen (secondary N) is 3. The van der Waals surface area contributed by atoms with Crippen molar-refractivity contribution >= 4 is 34.4 Å². The molecule has 0 aliphatic rings. The van der Waals surface area contributed by atoms with Gasteiger partial charge >= 0.3 is 6.03 Å². The first kappa shape index (κ1) is 19.4. The molecule has 3 aromatic heterocycles. The molecule has 2 amide bonds. The normalized spacial score (nSPS) is 10.7. The van der Waals surface area contributed by atoms with Crippen molar-refractivity contribution in [1.82, 2.24) is 35.3 Å². The van der Waals surface area contributed by atoms with Gasteiger partial charge in [-0.15, -0.1) is 0 Å². The SMILES string of the molecule is CCNC(=O)Nc1nc(-c2ccn(C)n2)c(-c2cc(Cl)c3[nH]ncc3c2)nc1C#N. The van der Waals surface area contributed by atoms with E-state index >= 15 is 0 Å². The fraction of sp³-hybridized carbons (Fsp3) is 0.158. The third-order valence-electron chi connectivity index (χ3n) is 4.30. The van der Waals surface area contributed by atoms with E-state index in [0.717, 1.165) is 5.39 Å².